The van der Waals surface area contributed by atoms with Gasteiger partial charge in [0.15, 0.2) is 5.76 Å². The van der Waals surface area contributed by atoms with Crippen molar-refractivity contribution in [3.8, 4) is 0 Å². The molecule has 1 atom stereocenters. The first-order valence-electron chi connectivity index (χ1n) is 8.52. The van der Waals surface area contributed by atoms with Gasteiger partial charge in [-0.15, -0.1) is 0 Å². The summed E-state index contributed by atoms with van der Waals surface area (Å²) in [5, 5.41) is 7.04. The molecule has 1 aromatic heterocycles. The van der Waals surface area contributed by atoms with Gasteiger partial charge in [0, 0.05) is 12.6 Å². The molecule has 0 radical (unpaired) electrons. The van der Waals surface area contributed by atoms with E-state index in [1.165, 1.54) is 11.1 Å². The molecule has 0 unspecified atom stereocenters. The molecule has 5 heteroatoms. The number of fused-ring (bicyclic) bond motifs is 1. The summed E-state index contributed by atoms with van der Waals surface area (Å²) in [5.74, 6) is 1.28. The van der Waals surface area contributed by atoms with Crippen molar-refractivity contribution in [3.05, 3.63) is 52.9 Å². The number of carbonyl (C=O) groups is 1. The van der Waals surface area contributed by atoms with E-state index in [-0.39, 0.29) is 11.9 Å². The van der Waals surface area contributed by atoms with Crippen LogP contribution < -0.4 is 5.32 Å². The molecule has 0 spiro atoms. The Bertz CT molecular complexity index is 708. The molecule has 0 saturated carbocycles. The summed E-state index contributed by atoms with van der Waals surface area (Å²) >= 11 is 0. The highest BCUT2D eigenvalue weighted by Crippen LogP contribution is 2.22. The molecule has 0 saturated heterocycles. The minimum absolute atomic E-state index is 0.0359. The van der Waals surface area contributed by atoms with Gasteiger partial charge in [-0.2, -0.15) is 0 Å². The van der Waals surface area contributed by atoms with E-state index in [9.17, 15) is 4.79 Å². The van der Waals surface area contributed by atoms with Gasteiger partial charge in [0.1, 0.15) is 0 Å². The first-order chi connectivity index (χ1) is 11.5. The standard InChI is InChI=1S/C19H25N3O2/c1-13(2)8-16-10-17(24-21-16)11-20-19(23)18-9-14-6-4-5-7-15(14)12-22(18)3/h4-7,10,13,18H,8-9,11-12H2,1-3H3,(H,20,23)/t18-/m1/s1. The normalized spacial score (nSPS) is 17.8. The second kappa shape index (κ2) is 7.18. The summed E-state index contributed by atoms with van der Waals surface area (Å²) in [6, 6.07) is 10.1. The molecule has 2 heterocycles. The zero-order valence-corrected chi connectivity index (χ0v) is 14.6. The number of benzene rings is 1. The molecule has 1 aliphatic rings. The third-order valence-electron chi connectivity index (χ3n) is 4.45. The van der Waals surface area contributed by atoms with Crippen LogP contribution in [0.25, 0.3) is 0 Å². The lowest BCUT2D eigenvalue weighted by atomic mass is 9.94. The molecule has 2 aromatic rings. The van der Waals surface area contributed by atoms with Gasteiger partial charge in [-0.1, -0.05) is 43.3 Å². The number of hydrogen-bond donors (Lipinski definition) is 1. The number of aromatic nitrogens is 1. The Hall–Kier alpha value is -2.14. The Morgan fingerprint density at radius 2 is 2.12 bits per heavy atom. The van der Waals surface area contributed by atoms with Gasteiger partial charge in [-0.05, 0) is 36.9 Å². The van der Waals surface area contributed by atoms with Crippen LogP contribution in [-0.2, 0) is 30.7 Å². The van der Waals surface area contributed by atoms with Crippen molar-refractivity contribution >= 4 is 5.91 Å². The van der Waals surface area contributed by atoms with E-state index in [0.717, 1.165) is 25.1 Å². The van der Waals surface area contributed by atoms with E-state index in [1.807, 2.05) is 25.2 Å². The maximum atomic E-state index is 12.6. The second-order valence-electron chi connectivity index (χ2n) is 7.00. The molecular weight excluding hydrogens is 302 g/mol. The van der Waals surface area contributed by atoms with Crippen molar-refractivity contribution in [1.29, 1.82) is 0 Å². The fourth-order valence-corrected chi connectivity index (χ4v) is 3.19. The monoisotopic (exact) mass is 327 g/mol. The van der Waals surface area contributed by atoms with E-state index in [4.69, 9.17) is 4.52 Å². The van der Waals surface area contributed by atoms with Gasteiger partial charge in [-0.3, -0.25) is 9.69 Å². The van der Waals surface area contributed by atoms with Gasteiger partial charge in [0.05, 0.1) is 18.3 Å². The maximum absolute atomic E-state index is 12.6. The highest BCUT2D eigenvalue weighted by Gasteiger charge is 2.28. The Kier molecular flexibility index (Phi) is 5.00. The molecule has 128 valence electrons. The summed E-state index contributed by atoms with van der Waals surface area (Å²) in [6.45, 7) is 5.48. The van der Waals surface area contributed by atoms with Crippen LogP contribution in [0.15, 0.2) is 34.9 Å². The summed E-state index contributed by atoms with van der Waals surface area (Å²) in [4.78, 5) is 14.7. The van der Waals surface area contributed by atoms with Crippen LogP contribution in [0.5, 0.6) is 0 Å². The maximum Gasteiger partial charge on any atom is 0.238 e. The minimum atomic E-state index is -0.141. The molecule has 5 nitrogen and oxygen atoms in total. The smallest absolute Gasteiger partial charge is 0.238 e. The van der Waals surface area contributed by atoms with Gasteiger partial charge in [-0.25, -0.2) is 0 Å². The molecule has 3 rings (SSSR count). The summed E-state index contributed by atoms with van der Waals surface area (Å²) in [6.07, 6.45) is 1.63. The molecule has 1 aromatic carbocycles. The van der Waals surface area contributed by atoms with Crippen molar-refractivity contribution in [2.24, 2.45) is 5.92 Å². The minimum Gasteiger partial charge on any atom is -0.359 e. The second-order valence-corrected chi connectivity index (χ2v) is 7.00. The predicted molar refractivity (Wildman–Crippen MR) is 92.3 cm³/mol. The van der Waals surface area contributed by atoms with Crippen LogP contribution in [0.3, 0.4) is 0 Å². The number of rotatable bonds is 5. The first kappa shape index (κ1) is 16.7. The van der Waals surface area contributed by atoms with Crippen molar-refractivity contribution in [2.45, 2.75) is 45.8 Å². The molecule has 0 aliphatic carbocycles. The first-order valence-corrected chi connectivity index (χ1v) is 8.52. The zero-order chi connectivity index (χ0) is 17.1. The lowest BCUT2D eigenvalue weighted by Gasteiger charge is -2.32. The lowest BCUT2D eigenvalue weighted by Crippen LogP contribution is -2.48. The Balaban J connectivity index is 1.58. The average Bonchev–Trinajstić information content (AvgIpc) is 2.98. The number of likely N-dealkylation sites (N-methyl/N-ethyl adjacent to an activating group) is 1. The average molecular weight is 327 g/mol. The van der Waals surface area contributed by atoms with Gasteiger partial charge in [0.2, 0.25) is 5.91 Å². The van der Waals surface area contributed by atoms with Crippen molar-refractivity contribution in [3.63, 3.8) is 0 Å². The molecule has 0 bridgehead atoms. The van der Waals surface area contributed by atoms with E-state index in [0.29, 0.717) is 18.2 Å². The number of amides is 1. The van der Waals surface area contributed by atoms with Crippen molar-refractivity contribution < 1.29 is 9.32 Å². The van der Waals surface area contributed by atoms with E-state index in [1.54, 1.807) is 0 Å². The number of nitrogens with one attached hydrogen (secondary N) is 1. The third kappa shape index (κ3) is 3.85. The Morgan fingerprint density at radius 3 is 2.88 bits per heavy atom. The van der Waals surface area contributed by atoms with Crippen LogP contribution in [0.1, 0.15) is 36.4 Å². The molecular formula is C19H25N3O2. The number of nitrogens with zero attached hydrogens (tertiary/aromatic N) is 2. The topological polar surface area (TPSA) is 58.4 Å². The van der Waals surface area contributed by atoms with Crippen LogP contribution in [-0.4, -0.2) is 29.1 Å². The SMILES string of the molecule is CC(C)Cc1cc(CNC(=O)[C@H]2Cc3ccccc3CN2C)on1. The third-order valence-corrected chi connectivity index (χ3v) is 4.45. The highest BCUT2D eigenvalue weighted by molar-refractivity contribution is 5.82. The summed E-state index contributed by atoms with van der Waals surface area (Å²) < 4.78 is 5.31. The summed E-state index contributed by atoms with van der Waals surface area (Å²) in [7, 11) is 2.00. The van der Waals surface area contributed by atoms with Gasteiger partial charge >= 0.3 is 0 Å². The Labute approximate surface area is 143 Å². The van der Waals surface area contributed by atoms with Crippen LogP contribution in [0, 0.1) is 5.92 Å². The van der Waals surface area contributed by atoms with Gasteiger partial charge in [0.25, 0.3) is 0 Å². The van der Waals surface area contributed by atoms with E-state index in [2.05, 4.69) is 41.4 Å². The van der Waals surface area contributed by atoms with Gasteiger partial charge < -0.3 is 9.84 Å². The van der Waals surface area contributed by atoms with Crippen molar-refractivity contribution in [1.82, 2.24) is 15.4 Å². The fraction of sp³-hybridized carbons (Fsp3) is 0.474. The molecule has 1 N–H and O–H groups in total. The zero-order valence-electron chi connectivity index (χ0n) is 14.6. The predicted octanol–water partition coefficient (Wildman–Crippen LogP) is 2.55. The molecule has 1 aliphatic heterocycles. The number of carbonyl (C=O) groups excluding carboxylic acids is 1. The summed E-state index contributed by atoms with van der Waals surface area (Å²) in [5.41, 5.74) is 3.50. The number of hydrogen-bond acceptors (Lipinski definition) is 4. The van der Waals surface area contributed by atoms with Crippen molar-refractivity contribution in [2.75, 3.05) is 7.05 Å². The Morgan fingerprint density at radius 1 is 1.38 bits per heavy atom. The van der Waals surface area contributed by atoms with Crippen LogP contribution in [0.4, 0.5) is 0 Å². The van der Waals surface area contributed by atoms with Crippen LogP contribution >= 0.6 is 0 Å². The quantitative estimate of drug-likeness (QED) is 0.917. The molecule has 0 fully saturated rings. The fourth-order valence-electron chi connectivity index (χ4n) is 3.19. The van der Waals surface area contributed by atoms with E-state index >= 15 is 0 Å². The van der Waals surface area contributed by atoms with Crippen LogP contribution in [0.2, 0.25) is 0 Å². The van der Waals surface area contributed by atoms with E-state index < -0.39 is 0 Å². The highest BCUT2D eigenvalue weighted by atomic mass is 16.5. The lowest BCUT2D eigenvalue weighted by molar-refractivity contribution is -0.126. The molecule has 1 amide bonds. The molecule has 24 heavy (non-hydrogen) atoms. The largest absolute Gasteiger partial charge is 0.359 e.